The Kier molecular flexibility index (Phi) is 5.13. The molecule has 0 radical (unpaired) electrons. The second-order valence-electron chi connectivity index (χ2n) is 5.39. The topological polar surface area (TPSA) is 12.0 Å². The number of hydrogen-bond acceptors (Lipinski definition) is 2. The van der Waals surface area contributed by atoms with Crippen LogP contribution < -0.4 is 5.32 Å². The van der Waals surface area contributed by atoms with Gasteiger partial charge in [-0.25, -0.2) is 0 Å². The van der Waals surface area contributed by atoms with Crippen molar-refractivity contribution in [2.24, 2.45) is 0 Å². The summed E-state index contributed by atoms with van der Waals surface area (Å²) in [7, 11) is 0. The molecular formula is C16H25NS. The first-order valence-corrected chi connectivity index (χ1v) is 8.18. The van der Waals surface area contributed by atoms with Crippen LogP contribution in [-0.4, -0.2) is 17.0 Å². The van der Waals surface area contributed by atoms with Gasteiger partial charge >= 0.3 is 0 Å². The highest BCUT2D eigenvalue weighted by Crippen LogP contribution is 2.31. The fourth-order valence-corrected chi connectivity index (χ4v) is 3.93. The molecule has 0 amide bonds. The summed E-state index contributed by atoms with van der Waals surface area (Å²) in [4.78, 5) is 0. The van der Waals surface area contributed by atoms with Crippen LogP contribution in [0.2, 0.25) is 0 Å². The van der Waals surface area contributed by atoms with Crippen molar-refractivity contribution >= 4 is 11.8 Å². The molecule has 0 aliphatic heterocycles. The van der Waals surface area contributed by atoms with E-state index in [1.54, 1.807) is 0 Å². The first kappa shape index (κ1) is 14.0. The van der Waals surface area contributed by atoms with Gasteiger partial charge < -0.3 is 5.32 Å². The molecule has 1 aliphatic carbocycles. The molecule has 2 heteroatoms. The third-order valence-corrected chi connectivity index (χ3v) is 5.08. The molecule has 1 aromatic carbocycles. The van der Waals surface area contributed by atoms with Crippen LogP contribution in [-0.2, 0) is 0 Å². The molecule has 3 atom stereocenters. The van der Waals surface area contributed by atoms with Gasteiger partial charge in [-0.05, 0) is 44.4 Å². The van der Waals surface area contributed by atoms with E-state index in [2.05, 4.69) is 62.1 Å². The van der Waals surface area contributed by atoms with Gasteiger partial charge in [-0.3, -0.25) is 0 Å². The summed E-state index contributed by atoms with van der Waals surface area (Å²) in [5.74, 6) is 1.25. The molecular weight excluding hydrogens is 238 g/mol. The zero-order valence-corrected chi connectivity index (χ0v) is 12.6. The highest BCUT2D eigenvalue weighted by atomic mass is 32.2. The average Bonchev–Trinajstić information content (AvgIpc) is 2.78. The molecule has 1 fully saturated rings. The molecule has 0 bridgehead atoms. The van der Waals surface area contributed by atoms with Gasteiger partial charge in [-0.2, -0.15) is 11.8 Å². The number of rotatable bonds is 5. The predicted molar refractivity (Wildman–Crippen MR) is 82.3 cm³/mol. The number of hydrogen-bond donors (Lipinski definition) is 1. The van der Waals surface area contributed by atoms with E-state index in [-0.39, 0.29) is 0 Å². The van der Waals surface area contributed by atoms with Crippen LogP contribution >= 0.6 is 11.8 Å². The van der Waals surface area contributed by atoms with Crippen molar-refractivity contribution in [2.45, 2.75) is 57.4 Å². The first-order valence-electron chi connectivity index (χ1n) is 7.13. The SMILES string of the molecule is CCSC1CCC(NC(C)c2ccc(C)cc2)C1. The lowest BCUT2D eigenvalue weighted by molar-refractivity contribution is 0.462. The van der Waals surface area contributed by atoms with E-state index >= 15 is 0 Å². The fourth-order valence-electron chi connectivity index (χ4n) is 2.78. The lowest BCUT2D eigenvalue weighted by Crippen LogP contribution is -2.29. The molecule has 100 valence electrons. The predicted octanol–water partition coefficient (Wildman–Crippen LogP) is 4.32. The fraction of sp³-hybridized carbons (Fsp3) is 0.625. The van der Waals surface area contributed by atoms with Gasteiger partial charge in [0.15, 0.2) is 0 Å². The van der Waals surface area contributed by atoms with Crippen molar-refractivity contribution in [3.63, 3.8) is 0 Å². The van der Waals surface area contributed by atoms with Gasteiger partial charge in [0.2, 0.25) is 0 Å². The molecule has 1 aromatic rings. The van der Waals surface area contributed by atoms with E-state index in [0.29, 0.717) is 12.1 Å². The van der Waals surface area contributed by atoms with Crippen LogP contribution in [0.25, 0.3) is 0 Å². The van der Waals surface area contributed by atoms with Gasteiger partial charge in [0, 0.05) is 17.3 Å². The molecule has 0 spiro atoms. The molecule has 18 heavy (non-hydrogen) atoms. The van der Waals surface area contributed by atoms with Gasteiger partial charge in [-0.15, -0.1) is 0 Å². The summed E-state index contributed by atoms with van der Waals surface area (Å²) in [5.41, 5.74) is 2.75. The molecule has 2 rings (SSSR count). The zero-order valence-electron chi connectivity index (χ0n) is 11.8. The van der Waals surface area contributed by atoms with E-state index in [0.717, 1.165) is 5.25 Å². The lowest BCUT2D eigenvalue weighted by atomic mass is 10.1. The van der Waals surface area contributed by atoms with Crippen LogP contribution in [0.4, 0.5) is 0 Å². The average molecular weight is 263 g/mol. The maximum atomic E-state index is 3.79. The van der Waals surface area contributed by atoms with Crippen LogP contribution in [0.3, 0.4) is 0 Å². The largest absolute Gasteiger partial charge is 0.307 e. The third kappa shape index (κ3) is 3.76. The Labute approximate surface area is 116 Å². The summed E-state index contributed by atoms with van der Waals surface area (Å²) in [5, 5.41) is 4.68. The minimum atomic E-state index is 0.473. The van der Waals surface area contributed by atoms with E-state index in [4.69, 9.17) is 0 Å². The Bertz CT molecular complexity index is 360. The monoisotopic (exact) mass is 263 g/mol. The summed E-state index contributed by atoms with van der Waals surface area (Å²) in [6.07, 6.45) is 4.07. The van der Waals surface area contributed by atoms with Crippen LogP contribution in [0, 0.1) is 6.92 Å². The molecule has 1 N–H and O–H groups in total. The Morgan fingerprint density at radius 1 is 1.28 bits per heavy atom. The zero-order chi connectivity index (χ0) is 13.0. The summed E-state index contributed by atoms with van der Waals surface area (Å²) in [6, 6.07) is 10.1. The van der Waals surface area contributed by atoms with Crippen molar-refractivity contribution in [2.75, 3.05) is 5.75 Å². The van der Waals surface area contributed by atoms with Crippen molar-refractivity contribution in [3.05, 3.63) is 35.4 Å². The minimum Gasteiger partial charge on any atom is -0.307 e. The van der Waals surface area contributed by atoms with E-state index in [1.165, 1.54) is 36.1 Å². The van der Waals surface area contributed by atoms with Gasteiger partial charge in [0.25, 0.3) is 0 Å². The summed E-state index contributed by atoms with van der Waals surface area (Å²) in [6.45, 7) is 6.69. The van der Waals surface area contributed by atoms with Crippen molar-refractivity contribution < 1.29 is 0 Å². The van der Waals surface area contributed by atoms with E-state index < -0.39 is 0 Å². The molecule has 0 saturated heterocycles. The smallest absolute Gasteiger partial charge is 0.0294 e. The first-order chi connectivity index (χ1) is 8.69. The Balaban J connectivity index is 1.84. The number of benzene rings is 1. The highest BCUT2D eigenvalue weighted by Gasteiger charge is 2.25. The third-order valence-electron chi connectivity index (χ3n) is 3.85. The molecule has 3 unspecified atom stereocenters. The van der Waals surface area contributed by atoms with E-state index in [9.17, 15) is 0 Å². The Morgan fingerprint density at radius 2 is 2.00 bits per heavy atom. The second-order valence-corrected chi connectivity index (χ2v) is 6.96. The Hall–Kier alpha value is -0.470. The van der Waals surface area contributed by atoms with Crippen molar-refractivity contribution in [1.29, 1.82) is 0 Å². The van der Waals surface area contributed by atoms with Gasteiger partial charge in [0.05, 0.1) is 0 Å². The molecule has 1 aliphatic rings. The number of nitrogens with one attached hydrogen (secondary N) is 1. The standard InChI is InChI=1S/C16H25NS/c1-4-18-16-10-9-15(11-16)17-13(3)14-7-5-12(2)6-8-14/h5-8,13,15-17H,4,9-11H2,1-3H3. The number of thioether (sulfide) groups is 1. The van der Waals surface area contributed by atoms with Crippen LogP contribution in [0.1, 0.15) is 50.3 Å². The minimum absolute atomic E-state index is 0.473. The molecule has 1 saturated carbocycles. The normalized spacial score (nSPS) is 25.3. The molecule has 0 heterocycles. The van der Waals surface area contributed by atoms with Crippen LogP contribution in [0.15, 0.2) is 24.3 Å². The summed E-state index contributed by atoms with van der Waals surface area (Å²) < 4.78 is 0. The molecule has 0 aromatic heterocycles. The highest BCUT2D eigenvalue weighted by molar-refractivity contribution is 7.99. The number of aryl methyl sites for hydroxylation is 1. The summed E-state index contributed by atoms with van der Waals surface area (Å²) >= 11 is 2.13. The van der Waals surface area contributed by atoms with E-state index in [1.807, 2.05) is 0 Å². The molecule has 1 nitrogen and oxygen atoms in total. The second kappa shape index (κ2) is 6.63. The van der Waals surface area contributed by atoms with Gasteiger partial charge in [0.1, 0.15) is 0 Å². The maximum absolute atomic E-state index is 3.79. The maximum Gasteiger partial charge on any atom is 0.0294 e. The van der Waals surface area contributed by atoms with Crippen molar-refractivity contribution in [3.8, 4) is 0 Å². The quantitative estimate of drug-likeness (QED) is 0.849. The van der Waals surface area contributed by atoms with Gasteiger partial charge in [-0.1, -0.05) is 36.8 Å². The Morgan fingerprint density at radius 3 is 2.67 bits per heavy atom. The lowest BCUT2D eigenvalue weighted by Gasteiger charge is -2.20. The van der Waals surface area contributed by atoms with Crippen LogP contribution in [0.5, 0.6) is 0 Å². The van der Waals surface area contributed by atoms with Crippen molar-refractivity contribution in [1.82, 2.24) is 5.32 Å².